The Balaban J connectivity index is 2.08. The van der Waals surface area contributed by atoms with Crippen LogP contribution in [0.25, 0.3) is 0 Å². The maximum atomic E-state index is 12.1. The third-order valence-corrected chi connectivity index (χ3v) is 3.51. The van der Waals surface area contributed by atoms with Crippen molar-refractivity contribution in [3.63, 3.8) is 0 Å². The molecule has 0 aliphatic rings. The molecule has 0 fully saturated rings. The summed E-state index contributed by atoms with van der Waals surface area (Å²) in [6.07, 6.45) is 0. The number of benzene rings is 2. The molecule has 5 heteroatoms. The number of ether oxygens (including phenoxy) is 2. The van der Waals surface area contributed by atoms with E-state index >= 15 is 0 Å². The van der Waals surface area contributed by atoms with E-state index in [1.807, 2.05) is 13.0 Å². The van der Waals surface area contributed by atoms with Crippen LogP contribution in [-0.2, 0) is 0 Å². The molecule has 0 unspecified atom stereocenters. The summed E-state index contributed by atoms with van der Waals surface area (Å²) >= 11 is 11.9. The van der Waals surface area contributed by atoms with Gasteiger partial charge in [0, 0.05) is 10.6 Å². The SMILES string of the molecule is COc1ccc(C(=O)COc2cc(Cl)ccc2C)cc1Cl. The van der Waals surface area contributed by atoms with Crippen LogP contribution in [0.4, 0.5) is 0 Å². The highest BCUT2D eigenvalue weighted by Crippen LogP contribution is 2.26. The lowest BCUT2D eigenvalue weighted by atomic mass is 10.1. The molecule has 0 N–H and O–H groups in total. The Morgan fingerprint density at radius 1 is 1.10 bits per heavy atom. The van der Waals surface area contributed by atoms with E-state index in [-0.39, 0.29) is 12.4 Å². The van der Waals surface area contributed by atoms with Gasteiger partial charge in [-0.15, -0.1) is 0 Å². The summed E-state index contributed by atoms with van der Waals surface area (Å²) in [7, 11) is 1.52. The van der Waals surface area contributed by atoms with Gasteiger partial charge in [-0.2, -0.15) is 0 Å². The zero-order chi connectivity index (χ0) is 15.4. The van der Waals surface area contributed by atoms with E-state index < -0.39 is 0 Å². The molecule has 0 amide bonds. The minimum Gasteiger partial charge on any atom is -0.495 e. The number of ketones is 1. The molecule has 2 rings (SSSR count). The van der Waals surface area contributed by atoms with Crippen LogP contribution in [0.1, 0.15) is 15.9 Å². The fourth-order valence-electron chi connectivity index (χ4n) is 1.80. The number of rotatable bonds is 5. The van der Waals surface area contributed by atoms with Crippen molar-refractivity contribution in [1.29, 1.82) is 0 Å². The maximum absolute atomic E-state index is 12.1. The van der Waals surface area contributed by atoms with E-state index in [1.165, 1.54) is 7.11 Å². The van der Waals surface area contributed by atoms with Gasteiger partial charge in [0.05, 0.1) is 12.1 Å². The number of Topliss-reactive ketones (excluding diaryl/α,β-unsaturated/α-hetero) is 1. The number of aryl methyl sites for hydroxylation is 1. The zero-order valence-corrected chi connectivity index (χ0v) is 13.2. The molecule has 0 atom stereocenters. The van der Waals surface area contributed by atoms with Crippen molar-refractivity contribution in [2.45, 2.75) is 6.92 Å². The van der Waals surface area contributed by atoms with Gasteiger partial charge in [-0.25, -0.2) is 0 Å². The summed E-state index contributed by atoms with van der Waals surface area (Å²) in [4.78, 5) is 12.1. The van der Waals surface area contributed by atoms with Crippen molar-refractivity contribution in [3.05, 3.63) is 57.6 Å². The van der Waals surface area contributed by atoms with Gasteiger partial charge in [-0.1, -0.05) is 29.3 Å². The lowest BCUT2D eigenvalue weighted by Crippen LogP contribution is -2.12. The van der Waals surface area contributed by atoms with Crippen LogP contribution in [0.15, 0.2) is 36.4 Å². The highest BCUT2D eigenvalue weighted by atomic mass is 35.5. The van der Waals surface area contributed by atoms with Crippen LogP contribution in [0, 0.1) is 6.92 Å². The van der Waals surface area contributed by atoms with Gasteiger partial charge >= 0.3 is 0 Å². The molecule has 0 aliphatic heterocycles. The Morgan fingerprint density at radius 2 is 1.86 bits per heavy atom. The quantitative estimate of drug-likeness (QED) is 0.755. The van der Waals surface area contributed by atoms with Crippen molar-refractivity contribution in [1.82, 2.24) is 0 Å². The maximum Gasteiger partial charge on any atom is 0.200 e. The normalized spacial score (nSPS) is 10.3. The predicted molar refractivity (Wildman–Crippen MR) is 84.0 cm³/mol. The fourth-order valence-corrected chi connectivity index (χ4v) is 2.22. The van der Waals surface area contributed by atoms with Crippen molar-refractivity contribution in [2.24, 2.45) is 0 Å². The topological polar surface area (TPSA) is 35.5 Å². The summed E-state index contributed by atoms with van der Waals surface area (Å²) in [5.74, 6) is 0.953. The molecule has 0 heterocycles. The van der Waals surface area contributed by atoms with Crippen molar-refractivity contribution < 1.29 is 14.3 Å². The van der Waals surface area contributed by atoms with Crippen LogP contribution in [0.3, 0.4) is 0 Å². The molecule has 2 aromatic carbocycles. The third-order valence-electron chi connectivity index (χ3n) is 2.98. The minimum absolute atomic E-state index is 0.0795. The summed E-state index contributed by atoms with van der Waals surface area (Å²) in [5.41, 5.74) is 1.39. The highest BCUT2D eigenvalue weighted by molar-refractivity contribution is 6.32. The molecule has 0 radical (unpaired) electrons. The Morgan fingerprint density at radius 3 is 2.52 bits per heavy atom. The largest absolute Gasteiger partial charge is 0.495 e. The second-order valence-corrected chi connectivity index (χ2v) is 5.31. The van der Waals surface area contributed by atoms with Gasteiger partial charge < -0.3 is 9.47 Å². The van der Waals surface area contributed by atoms with Gasteiger partial charge in [-0.05, 0) is 42.8 Å². The van der Waals surface area contributed by atoms with Gasteiger partial charge in [0.25, 0.3) is 0 Å². The van der Waals surface area contributed by atoms with Crippen LogP contribution in [0.5, 0.6) is 11.5 Å². The number of methoxy groups -OCH3 is 1. The van der Waals surface area contributed by atoms with Gasteiger partial charge in [0.2, 0.25) is 0 Å². The zero-order valence-electron chi connectivity index (χ0n) is 11.7. The standard InChI is InChI=1S/C16H14Cl2O3/c1-10-3-5-12(17)8-16(10)21-9-14(19)11-4-6-15(20-2)13(18)7-11/h3-8H,9H2,1-2H3. The molecule has 0 saturated carbocycles. The van der Waals surface area contributed by atoms with E-state index in [0.717, 1.165) is 5.56 Å². The Bertz CT molecular complexity index is 669. The molecule has 2 aromatic rings. The average Bonchev–Trinajstić information content (AvgIpc) is 2.47. The van der Waals surface area contributed by atoms with Gasteiger partial charge in [-0.3, -0.25) is 4.79 Å². The van der Waals surface area contributed by atoms with Crippen LogP contribution < -0.4 is 9.47 Å². The monoisotopic (exact) mass is 324 g/mol. The summed E-state index contributed by atoms with van der Waals surface area (Å²) < 4.78 is 10.6. The molecule has 0 bridgehead atoms. The minimum atomic E-state index is -0.168. The number of halogens is 2. The van der Waals surface area contributed by atoms with Crippen molar-refractivity contribution in [3.8, 4) is 11.5 Å². The van der Waals surface area contributed by atoms with E-state index in [2.05, 4.69) is 0 Å². The average molecular weight is 325 g/mol. The highest BCUT2D eigenvalue weighted by Gasteiger charge is 2.11. The van der Waals surface area contributed by atoms with Gasteiger partial charge in [0.15, 0.2) is 12.4 Å². The number of carbonyl (C=O) groups is 1. The summed E-state index contributed by atoms with van der Waals surface area (Å²) in [6.45, 7) is 1.81. The Labute approximate surface area is 133 Å². The number of hydrogen-bond acceptors (Lipinski definition) is 3. The van der Waals surface area contributed by atoms with Crippen LogP contribution >= 0.6 is 23.2 Å². The first-order chi connectivity index (χ1) is 10.0. The molecule has 110 valence electrons. The van der Waals surface area contributed by atoms with E-state index in [0.29, 0.717) is 27.1 Å². The van der Waals surface area contributed by atoms with Crippen molar-refractivity contribution in [2.75, 3.05) is 13.7 Å². The molecule has 0 aliphatic carbocycles. The number of carbonyl (C=O) groups excluding carboxylic acids is 1. The molecule has 0 spiro atoms. The van der Waals surface area contributed by atoms with Gasteiger partial charge in [0.1, 0.15) is 11.5 Å². The van der Waals surface area contributed by atoms with Crippen LogP contribution in [-0.4, -0.2) is 19.5 Å². The predicted octanol–water partition coefficient (Wildman–Crippen LogP) is 4.57. The summed E-state index contributed by atoms with van der Waals surface area (Å²) in [6, 6.07) is 10.2. The molecule has 0 saturated heterocycles. The third kappa shape index (κ3) is 3.90. The lowest BCUT2D eigenvalue weighted by molar-refractivity contribution is 0.0921. The first kappa shape index (κ1) is 15.7. The second-order valence-electron chi connectivity index (χ2n) is 4.47. The molecule has 0 aromatic heterocycles. The lowest BCUT2D eigenvalue weighted by Gasteiger charge is -2.09. The molecule has 21 heavy (non-hydrogen) atoms. The van der Waals surface area contributed by atoms with E-state index in [4.69, 9.17) is 32.7 Å². The smallest absolute Gasteiger partial charge is 0.200 e. The Hall–Kier alpha value is -1.71. The Kier molecular flexibility index (Phi) is 5.10. The first-order valence-corrected chi connectivity index (χ1v) is 7.02. The second kappa shape index (κ2) is 6.83. The van der Waals surface area contributed by atoms with Crippen LogP contribution in [0.2, 0.25) is 10.0 Å². The van der Waals surface area contributed by atoms with E-state index in [9.17, 15) is 4.79 Å². The van der Waals surface area contributed by atoms with Crippen molar-refractivity contribution >= 4 is 29.0 Å². The fraction of sp³-hybridized carbons (Fsp3) is 0.188. The molecular weight excluding hydrogens is 311 g/mol. The summed E-state index contributed by atoms with van der Waals surface area (Å²) in [5, 5.41) is 0.956. The molecule has 3 nitrogen and oxygen atoms in total. The first-order valence-electron chi connectivity index (χ1n) is 6.27. The van der Waals surface area contributed by atoms with E-state index in [1.54, 1.807) is 30.3 Å². The molecular formula is C16H14Cl2O3. The number of hydrogen-bond donors (Lipinski definition) is 0.